The molecule has 0 unspecified atom stereocenters. The Kier molecular flexibility index (Phi) is 4.01. The molecule has 0 amide bonds. The summed E-state index contributed by atoms with van der Waals surface area (Å²) in [4.78, 5) is 17.5. The molecule has 5 nitrogen and oxygen atoms in total. The number of hydrogen-bond acceptors (Lipinski definition) is 4. The molecule has 0 saturated heterocycles. The first-order valence-electron chi connectivity index (χ1n) is 9.03. The van der Waals surface area contributed by atoms with E-state index in [1.807, 2.05) is 43.7 Å². The maximum atomic E-state index is 13.1. The third-order valence-electron chi connectivity index (χ3n) is 5.32. The molecule has 0 radical (unpaired) electrons. The van der Waals surface area contributed by atoms with E-state index in [2.05, 4.69) is 21.7 Å². The molecule has 3 aromatic heterocycles. The molecule has 7 heteroatoms. The van der Waals surface area contributed by atoms with Gasteiger partial charge in [-0.25, -0.2) is 4.98 Å². The molecule has 0 aliphatic rings. The van der Waals surface area contributed by atoms with E-state index in [-0.39, 0.29) is 5.56 Å². The first kappa shape index (κ1) is 18.0. The summed E-state index contributed by atoms with van der Waals surface area (Å²) < 4.78 is 3.76. The number of halogens is 1. The van der Waals surface area contributed by atoms with Crippen molar-refractivity contribution in [1.29, 1.82) is 0 Å². The number of fused-ring (bicyclic) bond motifs is 3. The van der Waals surface area contributed by atoms with Crippen molar-refractivity contribution >= 4 is 50.0 Å². The van der Waals surface area contributed by atoms with Crippen molar-refractivity contribution in [3.8, 4) is 22.4 Å². The lowest BCUT2D eigenvalue weighted by Gasteiger charge is -2.08. The molecule has 0 spiro atoms. The van der Waals surface area contributed by atoms with Crippen LogP contribution in [0, 0.1) is 0 Å². The van der Waals surface area contributed by atoms with Crippen molar-refractivity contribution in [2.24, 2.45) is 14.1 Å². The largest absolute Gasteiger partial charge is 0.375 e. The third-order valence-corrected chi connectivity index (χ3v) is 6.25. The zero-order valence-corrected chi connectivity index (χ0v) is 17.4. The van der Waals surface area contributed by atoms with Gasteiger partial charge in [-0.05, 0) is 35.9 Å². The minimum Gasteiger partial charge on any atom is -0.375 e. The van der Waals surface area contributed by atoms with E-state index in [0.29, 0.717) is 15.7 Å². The fourth-order valence-corrected chi connectivity index (χ4v) is 4.60. The van der Waals surface area contributed by atoms with Gasteiger partial charge in [0.1, 0.15) is 5.65 Å². The molecule has 2 aromatic carbocycles. The average Bonchev–Trinajstić information content (AvgIpc) is 3.27. The second-order valence-electron chi connectivity index (χ2n) is 7.03. The Morgan fingerprint density at radius 3 is 2.38 bits per heavy atom. The van der Waals surface area contributed by atoms with Crippen LogP contribution < -0.4 is 11.3 Å². The molecule has 2 N–H and O–H groups in total. The summed E-state index contributed by atoms with van der Waals surface area (Å²) in [5.41, 5.74) is 11.0. The number of aryl methyl sites for hydroxylation is 2. The number of aromatic nitrogens is 3. The number of nitrogens with two attached hydrogens (primary N) is 1. The first-order valence-corrected chi connectivity index (χ1v) is 10.3. The summed E-state index contributed by atoms with van der Waals surface area (Å²) in [6.45, 7) is 0. The molecule has 0 saturated carbocycles. The Labute approximate surface area is 175 Å². The number of thiazole rings is 1. The Hall–Kier alpha value is -3.09. The van der Waals surface area contributed by atoms with Crippen LogP contribution in [0.3, 0.4) is 0 Å². The Morgan fingerprint density at radius 2 is 1.69 bits per heavy atom. The summed E-state index contributed by atoms with van der Waals surface area (Å²) >= 11 is 7.45. The summed E-state index contributed by atoms with van der Waals surface area (Å²) in [6.07, 6.45) is 0. The van der Waals surface area contributed by atoms with Gasteiger partial charge in [0.05, 0.1) is 11.2 Å². The highest BCUT2D eigenvalue weighted by molar-refractivity contribution is 7.13. The highest BCUT2D eigenvalue weighted by Crippen LogP contribution is 2.33. The Balaban J connectivity index is 1.84. The minimum atomic E-state index is -0.0433. The van der Waals surface area contributed by atoms with Crippen molar-refractivity contribution in [3.63, 3.8) is 0 Å². The number of hydrogen-bond donors (Lipinski definition) is 1. The molecule has 5 rings (SSSR count). The molecule has 0 fully saturated rings. The van der Waals surface area contributed by atoms with E-state index in [9.17, 15) is 4.79 Å². The van der Waals surface area contributed by atoms with E-state index < -0.39 is 0 Å². The maximum Gasteiger partial charge on any atom is 0.259 e. The lowest BCUT2D eigenvalue weighted by atomic mass is 10.0. The number of pyridine rings is 1. The molecule has 144 valence electrons. The first-order chi connectivity index (χ1) is 13.9. The van der Waals surface area contributed by atoms with Crippen LogP contribution in [0.1, 0.15) is 0 Å². The number of nitrogens with zero attached hydrogens (tertiary/aromatic N) is 3. The van der Waals surface area contributed by atoms with Crippen molar-refractivity contribution in [3.05, 3.63) is 69.3 Å². The quantitative estimate of drug-likeness (QED) is 0.434. The minimum absolute atomic E-state index is 0.0433. The number of nitrogen functional groups attached to an aromatic ring is 1. The van der Waals surface area contributed by atoms with Gasteiger partial charge < -0.3 is 10.3 Å². The number of anilines is 1. The second-order valence-corrected chi connectivity index (χ2v) is 8.35. The molecule has 3 heterocycles. The summed E-state index contributed by atoms with van der Waals surface area (Å²) in [7, 11) is 3.79. The topological polar surface area (TPSA) is 65.8 Å². The van der Waals surface area contributed by atoms with E-state index in [1.54, 1.807) is 16.7 Å². The monoisotopic (exact) mass is 420 g/mol. The van der Waals surface area contributed by atoms with E-state index in [1.165, 1.54) is 11.3 Å². The highest BCUT2D eigenvalue weighted by Gasteiger charge is 2.17. The SMILES string of the molecule is Cn1c(=O)c(-c2ccc(Cl)cc2)cc2c3cc(-c4csc(N)n4)ccc3n(C)c21. The molecular weight excluding hydrogens is 404 g/mol. The van der Waals surface area contributed by atoms with Gasteiger partial charge >= 0.3 is 0 Å². The normalized spacial score (nSPS) is 11.6. The lowest BCUT2D eigenvalue weighted by Crippen LogP contribution is -2.20. The van der Waals surface area contributed by atoms with Gasteiger partial charge in [-0.1, -0.05) is 29.8 Å². The number of benzene rings is 2. The smallest absolute Gasteiger partial charge is 0.259 e. The maximum absolute atomic E-state index is 13.1. The van der Waals surface area contributed by atoms with Gasteiger partial charge in [0.25, 0.3) is 5.56 Å². The van der Waals surface area contributed by atoms with Crippen LogP contribution in [0.4, 0.5) is 5.13 Å². The molecule has 29 heavy (non-hydrogen) atoms. The lowest BCUT2D eigenvalue weighted by molar-refractivity contribution is 0.846. The molecule has 0 atom stereocenters. The Morgan fingerprint density at radius 1 is 0.966 bits per heavy atom. The third kappa shape index (κ3) is 2.75. The Bertz CT molecular complexity index is 1460. The zero-order chi connectivity index (χ0) is 20.3. The average molecular weight is 421 g/mol. The predicted molar refractivity (Wildman–Crippen MR) is 122 cm³/mol. The van der Waals surface area contributed by atoms with Gasteiger partial charge in [0.15, 0.2) is 5.13 Å². The highest BCUT2D eigenvalue weighted by atomic mass is 35.5. The van der Waals surface area contributed by atoms with E-state index in [4.69, 9.17) is 17.3 Å². The predicted octanol–water partition coefficient (Wildman–Crippen LogP) is 5.06. The molecule has 0 aliphatic carbocycles. The van der Waals surface area contributed by atoms with Crippen LogP contribution in [-0.4, -0.2) is 14.1 Å². The second kappa shape index (κ2) is 6.47. The standard InChI is InChI=1S/C22H17ClN4OS/c1-26-19-8-5-13(18-11-29-22(24)25-18)9-16(19)17-10-15(21(28)27(2)20(17)26)12-3-6-14(23)7-4-12/h3-11H,1-2H3,(H2,24,25). The van der Waals surface area contributed by atoms with Crippen LogP contribution in [0.2, 0.25) is 5.02 Å². The summed E-state index contributed by atoms with van der Waals surface area (Å²) in [5.74, 6) is 0. The van der Waals surface area contributed by atoms with Crippen molar-refractivity contribution in [1.82, 2.24) is 14.1 Å². The fraction of sp³-hybridized carbons (Fsp3) is 0.0909. The van der Waals surface area contributed by atoms with Crippen LogP contribution in [-0.2, 0) is 14.1 Å². The van der Waals surface area contributed by atoms with E-state index >= 15 is 0 Å². The van der Waals surface area contributed by atoms with Crippen molar-refractivity contribution in [2.75, 3.05) is 5.73 Å². The fourth-order valence-electron chi connectivity index (χ4n) is 3.91. The van der Waals surface area contributed by atoms with Gasteiger partial charge in [0, 0.05) is 46.4 Å². The van der Waals surface area contributed by atoms with Gasteiger partial charge in [-0.3, -0.25) is 9.36 Å². The van der Waals surface area contributed by atoms with Crippen molar-refractivity contribution < 1.29 is 0 Å². The van der Waals surface area contributed by atoms with Crippen LogP contribution in [0.25, 0.3) is 44.3 Å². The van der Waals surface area contributed by atoms with Crippen LogP contribution in [0.15, 0.2) is 58.7 Å². The molecule has 0 bridgehead atoms. The molecule has 0 aliphatic heterocycles. The van der Waals surface area contributed by atoms with Gasteiger partial charge in [0.2, 0.25) is 0 Å². The van der Waals surface area contributed by atoms with Crippen molar-refractivity contribution in [2.45, 2.75) is 0 Å². The number of rotatable bonds is 2. The summed E-state index contributed by atoms with van der Waals surface area (Å²) in [5, 5.41) is 5.22. The van der Waals surface area contributed by atoms with Gasteiger partial charge in [-0.15, -0.1) is 11.3 Å². The van der Waals surface area contributed by atoms with E-state index in [0.717, 1.165) is 38.8 Å². The summed E-state index contributed by atoms with van der Waals surface area (Å²) in [6, 6.07) is 15.5. The van der Waals surface area contributed by atoms with Crippen LogP contribution >= 0.6 is 22.9 Å². The zero-order valence-electron chi connectivity index (χ0n) is 15.8. The van der Waals surface area contributed by atoms with Crippen LogP contribution in [0.5, 0.6) is 0 Å². The van der Waals surface area contributed by atoms with Gasteiger partial charge in [-0.2, -0.15) is 0 Å². The molecule has 5 aromatic rings. The molecular formula is C22H17ClN4OS.